The first kappa shape index (κ1) is 17.7. The Morgan fingerprint density at radius 2 is 1.81 bits per heavy atom. The molecule has 6 nitrogen and oxygen atoms in total. The maximum atomic E-state index is 11.0. The number of methoxy groups -OCH3 is 1. The fourth-order valence-electron chi connectivity index (χ4n) is 2.81. The number of benzene rings is 2. The predicted octanol–water partition coefficient (Wildman–Crippen LogP) is 3.33. The first-order valence-electron chi connectivity index (χ1n) is 8.30. The summed E-state index contributed by atoms with van der Waals surface area (Å²) in [6.07, 6.45) is 0.275. The summed E-state index contributed by atoms with van der Waals surface area (Å²) >= 11 is 0. The van der Waals surface area contributed by atoms with Crippen molar-refractivity contribution in [1.82, 2.24) is 15.0 Å². The van der Waals surface area contributed by atoms with E-state index in [1.54, 1.807) is 12.0 Å². The number of rotatable bonds is 4. The zero-order valence-corrected chi connectivity index (χ0v) is 15.3. The number of aromatic nitrogens is 3. The van der Waals surface area contributed by atoms with E-state index in [0.29, 0.717) is 5.69 Å². The lowest BCUT2D eigenvalue weighted by atomic mass is 9.84. The average Bonchev–Trinajstić information content (AvgIpc) is 3.03. The van der Waals surface area contributed by atoms with Crippen LogP contribution in [0.15, 0.2) is 42.2 Å². The number of fused-ring (bicyclic) bond motifs is 1. The van der Waals surface area contributed by atoms with Gasteiger partial charge in [0.05, 0.1) is 7.11 Å². The molecule has 2 aromatic carbocycles. The molecular formula is C20H21N3O3. The summed E-state index contributed by atoms with van der Waals surface area (Å²) in [5.41, 5.74) is 3.18. The highest BCUT2D eigenvalue weighted by Gasteiger charge is 2.23. The Balaban J connectivity index is 2.21. The van der Waals surface area contributed by atoms with E-state index in [-0.39, 0.29) is 23.3 Å². The first-order valence-corrected chi connectivity index (χ1v) is 8.30. The predicted molar refractivity (Wildman–Crippen MR) is 99.1 cm³/mol. The Labute approximate surface area is 151 Å². The van der Waals surface area contributed by atoms with Gasteiger partial charge in [-0.1, -0.05) is 39.0 Å². The molecule has 0 saturated heterocycles. The molecular weight excluding hydrogens is 330 g/mol. The van der Waals surface area contributed by atoms with Crippen LogP contribution in [0.2, 0.25) is 0 Å². The van der Waals surface area contributed by atoms with Crippen molar-refractivity contribution in [2.75, 3.05) is 7.11 Å². The van der Waals surface area contributed by atoms with E-state index in [1.165, 1.54) is 11.9 Å². The maximum absolute atomic E-state index is 11.0. The van der Waals surface area contributed by atoms with Crippen LogP contribution in [0, 0.1) is 0 Å². The van der Waals surface area contributed by atoms with Crippen molar-refractivity contribution < 1.29 is 14.6 Å². The SMILES string of the molecule is COC(=C=O)Cc1cc(-n2nc3ccccc3n2)c(O)c(C(C)(C)C)c1. The molecule has 0 spiro atoms. The van der Waals surface area contributed by atoms with Crippen LogP contribution in [0.5, 0.6) is 5.75 Å². The lowest BCUT2D eigenvalue weighted by Gasteiger charge is -2.23. The number of ether oxygens (including phenoxy) is 1. The highest BCUT2D eigenvalue weighted by atomic mass is 16.5. The third-order valence-electron chi connectivity index (χ3n) is 4.18. The highest BCUT2D eigenvalue weighted by molar-refractivity contribution is 5.73. The molecule has 1 N–H and O–H groups in total. The number of hydrogen-bond donors (Lipinski definition) is 1. The van der Waals surface area contributed by atoms with Crippen molar-refractivity contribution in [1.29, 1.82) is 0 Å². The van der Waals surface area contributed by atoms with Crippen LogP contribution < -0.4 is 0 Å². The van der Waals surface area contributed by atoms with E-state index in [1.807, 2.05) is 51.1 Å². The van der Waals surface area contributed by atoms with Crippen LogP contribution in [0.1, 0.15) is 31.9 Å². The van der Waals surface area contributed by atoms with Gasteiger partial charge in [0.15, 0.2) is 11.7 Å². The molecule has 134 valence electrons. The highest BCUT2D eigenvalue weighted by Crippen LogP contribution is 2.36. The molecule has 0 aliphatic carbocycles. The molecule has 0 fully saturated rings. The van der Waals surface area contributed by atoms with Crippen molar-refractivity contribution in [2.24, 2.45) is 0 Å². The molecule has 6 heteroatoms. The molecule has 0 amide bonds. The summed E-state index contributed by atoms with van der Waals surface area (Å²) in [6.45, 7) is 6.03. The van der Waals surface area contributed by atoms with Gasteiger partial charge in [0.2, 0.25) is 0 Å². The van der Waals surface area contributed by atoms with Crippen molar-refractivity contribution in [3.63, 3.8) is 0 Å². The van der Waals surface area contributed by atoms with Gasteiger partial charge in [-0.15, -0.1) is 15.0 Å². The largest absolute Gasteiger partial charge is 0.505 e. The minimum absolute atomic E-state index is 0.121. The Kier molecular flexibility index (Phi) is 4.53. The Morgan fingerprint density at radius 1 is 1.19 bits per heavy atom. The number of phenols is 1. The zero-order valence-electron chi connectivity index (χ0n) is 15.3. The topological polar surface area (TPSA) is 77.2 Å². The molecule has 26 heavy (non-hydrogen) atoms. The number of carbonyl (C=O) groups excluding carboxylic acids is 1. The molecule has 0 atom stereocenters. The number of nitrogens with zero attached hydrogens (tertiary/aromatic N) is 3. The minimum Gasteiger partial charge on any atom is -0.505 e. The van der Waals surface area contributed by atoms with Gasteiger partial charge in [-0.2, -0.15) is 0 Å². The van der Waals surface area contributed by atoms with Crippen molar-refractivity contribution in [2.45, 2.75) is 32.6 Å². The summed E-state index contributed by atoms with van der Waals surface area (Å²) in [4.78, 5) is 12.4. The van der Waals surface area contributed by atoms with E-state index in [2.05, 4.69) is 10.2 Å². The molecule has 3 aromatic rings. The average molecular weight is 351 g/mol. The lowest BCUT2D eigenvalue weighted by molar-refractivity contribution is 0.286. The normalized spacial score (nSPS) is 11.4. The van der Waals surface area contributed by atoms with E-state index in [4.69, 9.17) is 4.74 Å². The molecule has 0 aliphatic heterocycles. The molecule has 0 saturated carbocycles. The summed E-state index contributed by atoms with van der Waals surface area (Å²) in [6, 6.07) is 11.1. The quantitative estimate of drug-likeness (QED) is 0.576. The van der Waals surface area contributed by atoms with E-state index < -0.39 is 0 Å². The standard InChI is InChI=1S/C20H21N3O3/c1-20(2,3)15-10-13(9-14(12-24)26-4)11-18(19(15)25)23-21-16-7-5-6-8-17(16)22-23/h5-8,10-11,25H,9H2,1-4H3. The molecule has 1 heterocycles. The minimum atomic E-state index is -0.306. The third kappa shape index (κ3) is 3.32. The molecule has 0 radical (unpaired) electrons. The molecule has 0 unspecified atom stereocenters. The fraction of sp³-hybridized carbons (Fsp3) is 0.300. The van der Waals surface area contributed by atoms with Gasteiger partial charge in [0, 0.05) is 12.0 Å². The van der Waals surface area contributed by atoms with Gasteiger partial charge < -0.3 is 9.84 Å². The van der Waals surface area contributed by atoms with Crippen LogP contribution >= 0.6 is 0 Å². The van der Waals surface area contributed by atoms with Gasteiger partial charge in [-0.05, 0) is 29.2 Å². The number of allylic oxidation sites excluding steroid dienone is 1. The van der Waals surface area contributed by atoms with E-state index >= 15 is 0 Å². The van der Waals surface area contributed by atoms with Crippen LogP contribution in [0.3, 0.4) is 0 Å². The maximum Gasteiger partial charge on any atom is 0.183 e. The van der Waals surface area contributed by atoms with Crippen LogP contribution in [-0.4, -0.2) is 33.2 Å². The first-order chi connectivity index (χ1) is 12.3. The molecule has 3 rings (SSSR count). The number of aromatic hydroxyl groups is 1. The zero-order chi connectivity index (χ0) is 18.9. The molecule has 0 aliphatic rings. The fourth-order valence-corrected chi connectivity index (χ4v) is 2.81. The summed E-state index contributed by atoms with van der Waals surface area (Å²) in [5, 5.41) is 19.8. The number of hydrogen-bond acceptors (Lipinski definition) is 5. The van der Waals surface area contributed by atoms with Crippen LogP contribution in [0.4, 0.5) is 0 Å². The van der Waals surface area contributed by atoms with Gasteiger partial charge in [-0.25, -0.2) is 4.79 Å². The molecule has 1 aromatic heterocycles. The Hall–Kier alpha value is -3.11. The summed E-state index contributed by atoms with van der Waals surface area (Å²) in [5.74, 6) is 2.11. The second-order valence-electron chi connectivity index (χ2n) is 7.15. The van der Waals surface area contributed by atoms with Crippen molar-refractivity contribution in [3.05, 3.63) is 53.3 Å². The Bertz CT molecular complexity index is 976. The van der Waals surface area contributed by atoms with E-state index in [9.17, 15) is 9.90 Å². The Morgan fingerprint density at radius 3 is 2.31 bits per heavy atom. The van der Waals surface area contributed by atoms with Gasteiger partial charge in [-0.3, -0.25) is 0 Å². The number of phenolic OH excluding ortho intramolecular Hbond substituents is 1. The van der Waals surface area contributed by atoms with Gasteiger partial charge >= 0.3 is 0 Å². The third-order valence-corrected chi connectivity index (χ3v) is 4.18. The summed E-state index contributed by atoms with van der Waals surface area (Å²) in [7, 11) is 1.44. The second-order valence-corrected chi connectivity index (χ2v) is 7.15. The lowest BCUT2D eigenvalue weighted by Crippen LogP contribution is -2.14. The van der Waals surface area contributed by atoms with Gasteiger partial charge in [0.25, 0.3) is 0 Å². The summed E-state index contributed by atoms with van der Waals surface area (Å²) < 4.78 is 5.05. The van der Waals surface area contributed by atoms with Crippen LogP contribution in [-0.2, 0) is 21.4 Å². The second kappa shape index (κ2) is 6.65. The monoisotopic (exact) mass is 351 g/mol. The smallest absolute Gasteiger partial charge is 0.183 e. The van der Waals surface area contributed by atoms with Crippen LogP contribution in [0.25, 0.3) is 16.7 Å². The van der Waals surface area contributed by atoms with Crippen molar-refractivity contribution in [3.8, 4) is 11.4 Å². The van der Waals surface area contributed by atoms with Gasteiger partial charge in [0.1, 0.15) is 22.5 Å². The van der Waals surface area contributed by atoms with E-state index in [0.717, 1.165) is 22.2 Å². The molecule has 0 bridgehead atoms. The van der Waals surface area contributed by atoms with Crippen molar-refractivity contribution >= 4 is 17.0 Å².